The van der Waals surface area contributed by atoms with Gasteiger partial charge in [-0.3, -0.25) is 0 Å². The van der Waals surface area contributed by atoms with E-state index in [1.807, 2.05) is 60.7 Å². The average molecular weight is 1100 g/mol. The fourth-order valence-corrected chi connectivity index (χ4v) is 10.5. The molecule has 0 aliphatic carbocycles. The topological polar surface area (TPSA) is 115 Å². The highest BCUT2D eigenvalue weighted by molar-refractivity contribution is 5.68. The first-order valence-corrected chi connectivity index (χ1v) is 33.2. The van der Waals surface area contributed by atoms with Crippen LogP contribution in [0.15, 0.2) is 69.7 Å². The SMILES string of the molecule is CCCCCCCCCCCCOc1ccc(-c2noc(-c3cccc(-c4nc(-c5ccc(OCCCCCCCCCCCC)c(OCCCCCCCCCCCC)c5)no4)c3)n2)cc1OCCCCCCCCCCCC. The maximum absolute atomic E-state index is 6.47. The van der Waals surface area contributed by atoms with Crippen molar-refractivity contribution in [3.63, 3.8) is 0 Å². The van der Waals surface area contributed by atoms with Gasteiger partial charge in [-0.2, -0.15) is 9.97 Å². The molecule has 80 heavy (non-hydrogen) atoms. The van der Waals surface area contributed by atoms with Crippen molar-refractivity contribution in [2.24, 2.45) is 0 Å². The van der Waals surface area contributed by atoms with Gasteiger partial charge in [-0.15, -0.1) is 0 Å². The third-order valence-electron chi connectivity index (χ3n) is 15.6. The minimum atomic E-state index is 0.397. The zero-order chi connectivity index (χ0) is 56.2. The summed E-state index contributed by atoms with van der Waals surface area (Å²) in [4.78, 5) is 9.74. The Labute approximate surface area is 486 Å². The van der Waals surface area contributed by atoms with Gasteiger partial charge in [-0.05, 0) is 80.3 Å². The Kier molecular flexibility index (Phi) is 36.1. The summed E-state index contributed by atoms with van der Waals surface area (Å²) >= 11 is 0. The van der Waals surface area contributed by atoms with E-state index in [1.54, 1.807) is 0 Å². The highest BCUT2D eigenvalue weighted by Gasteiger charge is 2.18. The zero-order valence-corrected chi connectivity index (χ0v) is 51.1. The van der Waals surface area contributed by atoms with Crippen LogP contribution < -0.4 is 18.9 Å². The fraction of sp³-hybridized carbons (Fsp3) is 0.686. The van der Waals surface area contributed by atoms with E-state index in [1.165, 1.54) is 231 Å². The number of aromatic nitrogens is 4. The van der Waals surface area contributed by atoms with Crippen LogP contribution in [-0.4, -0.2) is 46.7 Å². The van der Waals surface area contributed by atoms with Crippen LogP contribution in [0, 0.1) is 0 Å². The molecular weight excluding hydrogens is 993 g/mol. The molecule has 446 valence electrons. The summed E-state index contributed by atoms with van der Waals surface area (Å²) in [5.41, 5.74) is 3.12. The second-order valence-corrected chi connectivity index (χ2v) is 22.9. The molecule has 0 amide bonds. The Hall–Kier alpha value is -4.86. The van der Waals surface area contributed by atoms with Gasteiger partial charge in [-0.1, -0.05) is 275 Å². The highest BCUT2D eigenvalue weighted by Crippen LogP contribution is 2.36. The van der Waals surface area contributed by atoms with Crippen LogP contribution >= 0.6 is 0 Å². The summed E-state index contributed by atoms with van der Waals surface area (Å²) in [5, 5.41) is 8.87. The second-order valence-electron chi connectivity index (χ2n) is 22.9. The molecule has 0 fully saturated rings. The molecule has 0 unspecified atom stereocenters. The van der Waals surface area contributed by atoms with E-state index < -0.39 is 0 Å². The first-order chi connectivity index (χ1) is 39.6. The first-order valence-electron chi connectivity index (χ1n) is 33.2. The average Bonchev–Trinajstić information content (AvgIpc) is 4.21. The lowest BCUT2D eigenvalue weighted by Crippen LogP contribution is -2.03. The number of hydrogen-bond donors (Lipinski definition) is 0. The lowest BCUT2D eigenvalue weighted by Gasteiger charge is -2.14. The van der Waals surface area contributed by atoms with Gasteiger partial charge in [0.25, 0.3) is 11.8 Å². The molecule has 0 spiro atoms. The minimum absolute atomic E-state index is 0.397. The maximum Gasteiger partial charge on any atom is 0.258 e. The van der Waals surface area contributed by atoms with Crippen molar-refractivity contribution < 1.29 is 28.0 Å². The van der Waals surface area contributed by atoms with Gasteiger partial charge in [0.1, 0.15) is 0 Å². The van der Waals surface area contributed by atoms with E-state index in [0.29, 0.717) is 49.9 Å². The van der Waals surface area contributed by atoms with Crippen molar-refractivity contribution in [3.05, 3.63) is 60.7 Å². The molecule has 0 N–H and O–H groups in total. The number of rotatable bonds is 52. The maximum atomic E-state index is 6.47. The smallest absolute Gasteiger partial charge is 0.258 e. The summed E-state index contributed by atoms with van der Waals surface area (Å²) in [7, 11) is 0. The standard InChI is InChI=1S/C70H110N4O6/c1-5-9-13-17-21-25-29-33-37-41-52-75-63-50-48-59(57-65(63)77-54-43-39-35-31-27-23-19-15-11-7-3)67-71-69(79-73-67)61-46-45-47-62(56-61)70-72-68(74-80-70)60-49-51-64(76-53-42-38-34-30-26-22-18-14-10-6-2)66(58-60)78-55-44-40-36-32-28-24-20-16-12-8-4/h45-51,56-58H,5-44,52-55H2,1-4H3. The number of unbranched alkanes of at least 4 members (excludes halogenated alkanes) is 36. The quantitative estimate of drug-likeness (QED) is 0.0349. The molecule has 2 aromatic heterocycles. The van der Waals surface area contributed by atoms with Crippen molar-refractivity contribution in [1.29, 1.82) is 0 Å². The van der Waals surface area contributed by atoms with Gasteiger partial charge in [0.15, 0.2) is 23.0 Å². The Bertz CT molecular complexity index is 2120. The number of benzene rings is 3. The molecule has 0 radical (unpaired) electrons. The molecule has 0 aliphatic heterocycles. The lowest BCUT2D eigenvalue weighted by atomic mass is 10.1. The van der Waals surface area contributed by atoms with Gasteiger partial charge < -0.3 is 28.0 Å². The fourth-order valence-electron chi connectivity index (χ4n) is 10.5. The molecule has 3 aromatic carbocycles. The molecule has 0 atom stereocenters. The van der Waals surface area contributed by atoms with Crippen molar-refractivity contribution >= 4 is 0 Å². The van der Waals surface area contributed by atoms with Crippen LogP contribution in [0.5, 0.6) is 23.0 Å². The van der Waals surface area contributed by atoms with E-state index in [9.17, 15) is 0 Å². The van der Waals surface area contributed by atoms with E-state index >= 15 is 0 Å². The van der Waals surface area contributed by atoms with Gasteiger partial charge >= 0.3 is 0 Å². The number of nitrogens with zero attached hydrogens (tertiary/aromatic N) is 4. The van der Waals surface area contributed by atoms with E-state index in [0.717, 1.165) is 70.9 Å². The summed E-state index contributed by atoms with van der Waals surface area (Å²) in [6, 6.07) is 19.8. The van der Waals surface area contributed by atoms with Gasteiger partial charge in [-0.25, -0.2) is 0 Å². The first kappa shape index (κ1) is 65.9. The molecule has 5 aromatic rings. The van der Waals surface area contributed by atoms with E-state index in [-0.39, 0.29) is 0 Å². The predicted octanol–water partition coefficient (Wildman–Crippen LogP) is 22.3. The normalized spacial score (nSPS) is 11.4. The molecule has 0 saturated carbocycles. The van der Waals surface area contributed by atoms with Crippen molar-refractivity contribution in [2.45, 2.75) is 285 Å². The van der Waals surface area contributed by atoms with E-state index in [2.05, 4.69) is 38.0 Å². The Morgan fingerprint density at radius 3 is 0.825 bits per heavy atom. The Morgan fingerprint density at radius 1 is 0.275 bits per heavy atom. The molecular formula is C70H110N4O6. The number of hydrogen-bond acceptors (Lipinski definition) is 10. The molecule has 10 heteroatoms. The van der Waals surface area contributed by atoms with Crippen molar-refractivity contribution in [3.8, 4) is 68.7 Å². The highest BCUT2D eigenvalue weighted by atomic mass is 16.5. The minimum Gasteiger partial charge on any atom is -0.490 e. The molecule has 0 aliphatic rings. The van der Waals surface area contributed by atoms with Crippen LogP contribution in [0.1, 0.15) is 285 Å². The molecule has 10 nitrogen and oxygen atoms in total. The van der Waals surface area contributed by atoms with E-state index in [4.69, 9.17) is 38.0 Å². The number of ether oxygens (including phenoxy) is 4. The van der Waals surface area contributed by atoms with Crippen LogP contribution in [0.25, 0.3) is 45.7 Å². The third kappa shape index (κ3) is 27.7. The van der Waals surface area contributed by atoms with Gasteiger partial charge in [0, 0.05) is 22.3 Å². The molecule has 5 rings (SSSR count). The largest absolute Gasteiger partial charge is 0.490 e. The summed E-state index contributed by atoms with van der Waals surface area (Å²) in [6.45, 7) is 11.7. The molecule has 0 bridgehead atoms. The van der Waals surface area contributed by atoms with Crippen molar-refractivity contribution in [1.82, 2.24) is 20.3 Å². The summed E-state index contributed by atoms with van der Waals surface area (Å²) in [6.07, 6.45) is 51.5. The monoisotopic (exact) mass is 1100 g/mol. The van der Waals surface area contributed by atoms with Crippen LogP contribution in [0.4, 0.5) is 0 Å². The van der Waals surface area contributed by atoms with Crippen LogP contribution in [-0.2, 0) is 0 Å². The Morgan fingerprint density at radius 2 is 0.537 bits per heavy atom. The summed E-state index contributed by atoms with van der Waals surface area (Å²) in [5.74, 6) is 4.75. The summed E-state index contributed by atoms with van der Waals surface area (Å²) < 4.78 is 37.5. The van der Waals surface area contributed by atoms with Crippen LogP contribution in [0.3, 0.4) is 0 Å². The zero-order valence-electron chi connectivity index (χ0n) is 51.1. The van der Waals surface area contributed by atoms with Crippen LogP contribution in [0.2, 0.25) is 0 Å². The van der Waals surface area contributed by atoms with Gasteiger partial charge in [0.05, 0.1) is 26.4 Å². The predicted molar refractivity (Wildman–Crippen MR) is 333 cm³/mol. The second kappa shape index (κ2) is 43.8. The third-order valence-corrected chi connectivity index (χ3v) is 15.6. The molecule has 0 saturated heterocycles. The Balaban J connectivity index is 1.18. The lowest BCUT2D eigenvalue weighted by molar-refractivity contribution is 0.258. The van der Waals surface area contributed by atoms with Crippen molar-refractivity contribution in [2.75, 3.05) is 26.4 Å². The van der Waals surface area contributed by atoms with Gasteiger partial charge in [0.2, 0.25) is 11.6 Å². The molecule has 2 heterocycles.